The lowest BCUT2D eigenvalue weighted by Crippen LogP contribution is -2.25. The first-order valence-corrected chi connectivity index (χ1v) is 5.20. The van der Waals surface area contributed by atoms with Gasteiger partial charge in [-0.3, -0.25) is 0 Å². The zero-order valence-electron chi connectivity index (χ0n) is 7.42. The highest BCUT2D eigenvalue weighted by Crippen LogP contribution is 2.33. The van der Waals surface area contributed by atoms with Crippen LogP contribution in [0.2, 0.25) is 0 Å². The highest BCUT2D eigenvalue weighted by molar-refractivity contribution is 9.10. The molecule has 70 valence electrons. The Morgan fingerprint density at radius 1 is 1.54 bits per heavy atom. The number of hydrogen-bond donors (Lipinski definition) is 2. The van der Waals surface area contributed by atoms with Crippen molar-refractivity contribution in [1.29, 1.82) is 0 Å². The van der Waals surface area contributed by atoms with Crippen molar-refractivity contribution in [3.8, 4) is 0 Å². The van der Waals surface area contributed by atoms with Crippen LogP contribution in [0, 0.1) is 0 Å². The van der Waals surface area contributed by atoms with Crippen molar-refractivity contribution in [2.45, 2.75) is 25.5 Å². The van der Waals surface area contributed by atoms with Crippen molar-refractivity contribution in [3.05, 3.63) is 28.2 Å². The van der Waals surface area contributed by atoms with E-state index in [2.05, 4.69) is 28.2 Å². The summed E-state index contributed by atoms with van der Waals surface area (Å²) >= 11 is 3.39. The zero-order valence-corrected chi connectivity index (χ0v) is 9.01. The number of aliphatic hydroxyl groups is 1. The SMILES string of the molecule is C[C@H]1C[C@H](O)c2cc(Br)ccc2N1. The van der Waals surface area contributed by atoms with E-state index in [1.807, 2.05) is 18.2 Å². The molecule has 1 heterocycles. The van der Waals surface area contributed by atoms with Crippen molar-refractivity contribution in [3.63, 3.8) is 0 Å². The molecule has 2 rings (SSSR count). The number of rotatable bonds is 0. The van der Waals surface area contributed by atoms with Crippen LogP contribution in [-0.2, 0) is 0 Å². The Morgan fingerprint density at radius 3 is 3.08 bits per heavy atom. The van der Waals surface area contributed by atoms with Crippen LogP contribution >= 0.6 is 15.9 Å². The first kappa shape index (κ1) is 9.03. The van der Waals surface area contributed by atoms with Crippen molar-refractivity contribution < 1.29 is 5.11 Å². The molecule has 1 aromatic rings. The molecule has 0 fully saturated rings. The summed E-state index contributed by atoms with van der Waals surface area (Å²) in [7, 11) is 0. The average Bonchev–Trinajstić information content (AvgIpc) is 2.06. The van der Waals surface area contributed by atoms with Gasteiger partial charge in [0.2, 0.25) is 0 Å². The summed E-state index contributed by atoms with van der Waals surface area (Å²) in [5.74, 6) is 0. The first-order valence-electron chi connectivity index (χ1n) is 4.41. The Hall–Kier alpha value is -0.540. The van der Waals surface area contributed by atoms with Gasteiger partial charge in [0.1, 0.15) is 0 Å². The van der Waals surface area contributed by atoms with Crippen LogP contribution in [0.5, 0.6) is 0 Å². The molecule has 0 aromatic heterocycles. The lowest BCUT2D eigenvalue weighted by molar-refractivity contribution is 0.158. The molecule has 2 N–H and O–H groups in total. The molecular formula is C10H12BrNO. The molecule has 2 nitrogen and oxygen atoms in total. The molecule has 0 bridgehead atoms. The largest absolute Gasteiger partial charge is 0.388 e. The van der Waals surface area contributed by atoms with Gasteiger partial charge < -0.3 is 10.4 Å². The number of halogens is 1. The summed E-state index contributed by atoms with van der Waals surface area (Å²) in [6.45, 7) is 2.08. The van der Waals surface area contributed by atoms with Crippen molar-refractivity contribution >= 4 is 21.6 Å². The van der Waals surface area contributed by atoms with Gasteiger partial charge in [-0.15, -0.1) is 0 Å². The predicted molar refractivity (Wildman–Crippen MR) is 56.8 cm³/mol. The van der Waals surface area contributed by atoms with Gasteiger partial charge in [0.25, 0.3) is 0 Å². The van der Waals surface area contributed by atoms with Crippen LogP contribution in [0.15, 0.2) is 22.7 Å². The molecule has 0 amide bonds. The molecule has 0 radical (unpaired) electrons. The minimum atomic E-state index is -0.330. The highest BCUT2D eigenvalue weighted by Gasteiger charge is 2.21. The second-order valence-corrected chi connectivity index (χ2v) is 4.44. The first-order chi connectivity index (χ1) is 6.16. The van der Waals surface area contributed by atoms with E-state index >= 15 is 0 Å². The minimum Gasteiger partial charge on any atom is -0.388 e. The lowest BCUT2D eigenvalue weighted by atomic mass is 9.96. The fourth-order valence-electron chi connectivity index (χ4n) is 1.73. The Kier molecular flexibility index (Phi) is 2.30. The minimum absolute atomic E-state index is 0.330. The van der Waals surface area contributed by atoms with E-state index in [1.165, 1.54) is 0 Å². The molecular weight excluding hydrogens is 230 g/mol. The van der Waals surface area contributed by atoms with Gasteiger partial charge in [-0.05, 0) is 31.5 Å². The van der Waals surface area contributed by atoms with Gasteiger partial charge in [0.05, 0.1) is 6.10 Å². The average molecular weight is 242 g/mol. The standard InChI is InChI=1S/C10H12BrNO/c1-6-4-10(13)8-5-7(11)2-3-9(8)12-6/h2-3,5-6,10,12-13H,4H2,1H3/t6-,10-/m0/s1. The quantitative estimate of drug-likeness (QED) is 0.733. The van der Waals surface area contributed by atoms with Crippen LogP contribution < -0.4 is 5.32 Å². The monoisotopic (exact) mass is 241 g/mol. The Bertz CT molecular complexity index is 327. The second-order valence-electron chi connectivity index (χ2n) is 3.53. The van der Waals surface area contributed by atoms with E-state index in [0.717, 1.165) is 22.1 Å². The molecule has 3 heteroatoms. The zero-order chi connectivity index (χ0) is 9.42. The topological polar surface area (TPSA) is 32.3 Å². The predicted octanol–water partition coefficient (Wildman–Crippen LogP) is 2.69. The van der Waals surface area contributed by atoms with E-state index in [4.69, 9.17) is 0 Å². The van der Waals surface area contributed by atoms with Crippen LogP contribution in [0.4, 0.5) is 5.69 Å². The smallest absolute Gasteiger partial charge is 0.0829 e. The van der Waals surface area contributed by atoms with E-state index in [0.29, 0.717) is 6.04 Å². The number of hydrogen-bond acceptors (Lipinski definition) is 2. The van der Waals surface area contributed by atoms with Gasteiger partial charge in [-0.2, -0.15) is 0 Å². The maximum absolute atomic E-state index is 9.80. The van der Waals surface area contributed by atoms with Gasteiger partial charge in [0, 0.05) is 21.8 Å². The number of anilines is 1. The fourth-order valence-corrected chi connectivity index (χ4v) is 2.11. The summed E-state index contributed by atoms with van der Waals surface area (Å²) in [6, 6.07) is 6.30. The van der Waals surface area contributed by atoms with Crippen molar-refractivity contribution in [2.75, 3.05) is 5.32 Å². The van der Waals surface area contributed by atoms with E-state index < -0.39 is 0 Å². The van der Waals surface area contributed by atoms with E-state index in [-0.39, 0.29) is 6.10 Å². The molecule has 0 unspecified atom stereocenters. The molecule has 0 saturated carbocycles. The molecule has 13 heavy (non-hydrogen) atoms. The number of benzene rings is 1. The third-order valence-corrected chi connectivity index (χ3v) is 2.84. The molecule has 1 aliphatic rings. The Morgan fingerprint density at radius 2 is 2.31 bits per heavy atom. The third kappa shape index (κ3) is 1.71. The second kappa shape index (κ2) is 3.31. The molecule has 0 saturated heterocycles. The lowest BCUT2D eigenvalue weighted by Gasteiger charge is -2.28. The summed E-state index contributed by atoms with van der Waals surface area (Å²) in [5, 5.41) is 13.1. The fraction of sp³-hybridized carbons (Fsp3) is 0.400. The molecule has 0 aliphatic carbocycles. The third-order valence-electron chi connectivity index (χ3n) is 2.35. The Labute approximate surface area is 86.1 Å². The van der Waals surface area contributed by atoms with Gasteiger partial charge in [-0.1, -0.05) is 15.9 Å². The number of aliphatic hydroxyl groups excluding tert-OH is 1. The summed E-state index contributed by atoms with van der Waals surface area (Å²) < 4.78 is 1.02. The molecule has 1 aliphatic heterocycles. The van der Waals surface area contributed by atoms with Gasteiger partial charge >= 0.3 is 0 Å². The van der Waals surface area contributed by atoms with Gasteiger partial charge in [0.15, 0.2) is 0 Å². The van der Waals surface area contributed by atoms with Crippen molar-refractivity contribution in [2.24, 2.45) is 0 Å². The van der Waals surface area contributed by atoms with E-state index in [9.17, 15) is 5.11 Å². The summed E-state index contributed by atoms with van der Waals surface area (Å²) in [5.41, 5.74) is 2.04. The Balaban J connectivity index is 2.43. The van der Waals surface area contributed by atoms with Crippen LogP contribution in [0.3, 0.4) is 0 Å². The van der Waals surface area contributed by atoms with Crippen LogP contribution in [0.25, 0.3) is 0 Å². The summed E-state index contributed by atoms with van der Waals surface area (Å²) in [6.07, 6.45) is 0.451. The highest BCUT2D eigenvalue weighted by atomic mass is 79.9. The summed E-state index contributed by atoms with van der Waals surface area (Å²) in [4.78, 5) is 0. The van der Waals surface area contributed by atoms with E-state index in [1.54, 1.807) is 0 Å². The van der Waals surface area contributed by atoms with Crippen molar-refractivity contribution in [1.82, 2.24) is 0 Å². The van der Waals surface area contributed by atoms with Gasteiger partial charge in [-0.25, -0.2) is 0 Å². The molecule has 0 spiro atoms. The van der Waals surface area contributed by atoms with Crippen LogP contribution in [-0.4, -0.2) is 11.1 Å². The number of nitrogens with one attached hydrogen (secondary N) is 1. The number of fused-ring (bicyclic) bond motifs is 1. The van der Waals surface area contributed by atoms with Crippen LogP contribution in [0.1, 0.15) is 25.0 Å². The molecule has 1 aromatic carbocycles. The normalized spacial score (nSPS) is 26.4. The molecule has 2 atom stereocenters. The maximum atomic E-state index is 9.80. The maximum Gasteiger partial charge on any atom is 0.0829 e.